The molecule has 140 valence electrons. The molecule has 2 aromatic carbocycles. The number of nitrogens with two attached hydrogens (primary N) is 1. The molecule has 0 aliphatic rings. The van der Waals surface area contributed by atoms with Crippen molar-refractivity contribution in [1.29, 1.82) is 5.41 Å². The van der Waals surface area contributed by atoms with Crippen molar-refractivity contribution < 1.29 is 18.9 Å². The molecule has 3 rings (SSSR count). The minimum absolute atomic E-state index is 0.198. The summed E-state index contributed by atoms with van der Waals surface area (Å²) in [5, 5.41) is 8.53. The SMILES string of the molecule is COc1ccc(C(=N)O/C(N)=N/c2nc3c(OC)cccc3s2)c(OC)c1. The van der Waals surface area contributed by atoms with E-state index in [1.807, 2.05) is 18.2 Å². The molecule has 3 aromatic rings. The third-order valence-corrected chi connectivity index (χ3v) is 4.57. The van der Waals surface area contributed by atoms with Crippen LogP contribution in [-0.2, 0) is 4.74 Å². The molecule has 0 amide bonds. The number of amidine groups is 1. The molecule has 1 heterocycles. The Kier molecular flexibility index (Phi) is 5.41. The lowest BCUT2D eigenvalue weighted by molar-refractivity contribution is 0.392. The monoisotopic (exact) mass is 386 g/mol. The lowest BCUT2D eigenvalue weighted by Gasteiger charge is -2.11. The molecule has 0 fully saturated rings. The van der Waals surface area contributed by atoms with Gasteiger partial charge in [0.25, 0.3) is 6.02 Å². The first-order chi connectivity index (χ1) is 13.0. The van der Waals surface area contributed by atoms with Crippen molar-refractivity contribution in [3.8, 4) is 17.2 Å². The third kappa shape index (κ3) is 3.93. The average Bonchev–Trinajstić information content (AvgIpc) is 3.09. The molecule has 27 heavy (non-hydrogen) atoms. The maximum atomic E-state index is 8.13. The Bertz CT molecular complexity index is 1020. The van der Waals surface area contributed by atoms with Crippen LogP contribution < -0.4 is 19.9 Å². The molecule has 3 N–H and O–H groups in total. The largest absolute Gasteiger partial charge is 0.497 e. The Hall–Kier alpha value is -3.33. The van der Waals surface area contributed by atoms with Gasteiger partial charge in [-0.15, -0.1) is 0 Å². The van der Waals surface area contributed by atoms with E-state index in [-0.39, 0.29) is 11.9 Å². The van der Waals surface area contributed by atoms with Gasteiger partial charge in [-0.25, -0.2) is 4.98 Å². The Morgan fingerprint density at radius 2 is 1.85 bits per heavy atom. The van der Waals surface area contributed by atoms with Gasteiger partial charge in [-0.05, 0) is 24.3 Å². The molecule has 0 aliphatic heterocycles. The van der Waals surface area contributed by atoms with Crippen LogP contribution in [0.3, 0.4) is 0 Å². The Morgan fingerprint density at radius 1 is 1.07 bits per heavy atom. The number of benzene rings is 2. The normalized spacial score (nSPS) is 11.3. The van der Waals surface area contributed by atoms with Crippen LogP contribution in [0.4, 0.5) is 5.13 Å². The molecule has 1 aromatic heterocycles. The summed E-state index contributed by atoms with van der Waals surface area (Å²) in [5.41, 5.74) is 6.96. The highest BCUT2D eigenvalue weighted by atomic mass is 32.1. The molecule has 8 nitrogen and oxygen atoms in total. The van der Waals surface area contributed by atoms with Crippen LogP contribution in [0, 0.1) is 5.41 Å². The van der Waals surface area contributed by atoms with Gasteiger partial charge >= 0.3 is 0 Å². The van der Waals surface area contributed by atoms with E-state index in [4.69, 9.17) is 30.1 Å². The maximum absolute atomic E-state index is 8.13. The number of aliphatic imine (C=N–C) groups is 1. The van der Waals surface area contributed by atoms with Crippen molar-refractivity contribution in [2.75, 3.05) is 21.3 Å². The summed E-state index contributed by atoms with van der Waals surface area (Å²) < 4.78 is 21.9. The van der Waals surface area contributed by atoms with Gasteiger partial charge in [-0.3, -0.25) is 5.41 Å². The summed E-state index contributed by atoms with van der Waals surface area (Å²) >= 11 is 1.34. The van der Waals surface area contributed by atoms with Crippen molar-refractivity contribution in [1.82, 2.24) is 4.98 Å². The number of hydrogen-bond donors (Lipinski definition) is 2. The minimum Gasteiger partial charge on any atom is -0.497 e. The zero-order valence-corrected chi connectivity index (χ0v) is 15.8. The number of para-hydroxylation sites is 1. The molecule has 0 saturated heterocycles. The quantitative estimate of drug-likeness (QED) is 0.514. The second kappa shape index (κ2) is 7.92. The smallest absolute Gasteiger partial charge is 0.296 e. The predicted molar refractivity (Wildman–Crippen MR) is 105 cm³/mol. The standard InChI is InChI=1S/C18H18N4O4S/c1-23-10-7-8-11(13(9-10)25-3)16(19)26-17(20)22-18-21-15-12(24-2)5-4-6-14(15)27-18/h4-9,19H,1-3H3,(H2,20,21,22). The molecule has 0 unspecified atom stereocenters. The lowest BCUT2D eigenvalue weighted by Crippen LogP contribution is -2.21. The van der Waals surface area contributed by atoms with Gasteiger partial charge in [0.15, 0.2) is 0 Å². The number of rotatable bonds is 5. The Morgan fingerprint density at radius 3 is 2.56 bits per heavy atom. The fourth-order valence-electron chi connectivity index (χ4n) is 2.39. The van der Waals surface area contributed by atoms with E-state index in [1.54, 1.807) is 32.4 Å². The topological polar surface area (TPSA) is 112 Å². The predicted octanol–water partition coefficient (Wildman–Crippen LogP) is 3.31. The number of fused-ring (bicyclic) bond motifs is 1. The lowest BCUT2D eigenvalue weighted by atomic mass is 10.2. The highest BCUT2D eigenvalue weighted by Crippen LogP contribution is 2.33. The zero-order chi connectivity index (χ0) is 19.4. The molecule has 0 radical (unpaired) electrons. The molecule has 0 spiro atoms. The summed E-state index contributed by atoms with van der Waals surface area (Å²) in [5.74, 6) is 1.49. The van der Waals surface area contributed by atoms with E-state index in [2.05, 4.69) is 9.98 Å². The van der Waals surface area contributed by atoms with Crippen molar-refractivity contribution in [3.05, 3.63) is 42.0 Å². The molecule has 9 heteroatoms. The van der Waals surface area contributed by atoms with Gasteiger partial charge in [0.1, 0.15) is 22.8 Å². The van der Waals surface area contributed by atoms with E-state index < -0.39 is 0 Å². The number of methoxy groups -OCH3 is 3. The number of thiazole rings is 1. The summed E-state index contributed by atoms with van der Waals surface area (Å²) in [7, 11) is 4.63. The minimum atomic E-state index is -0.200. The van der Waals surface area contributed by atoms with E-state index >= 15 is 0 Å². The highest BCUT2D eigenvalue weighted by molar-refractivity contribution is 7.22. The Labute approximate surface area is 159 Å². The number of hydrogen-bond acceptors (Lipinski definition) is 8. The van der Waals surface area contributed by atoms with Crippen molar-refractivity contribution in [2.24, 2.45) is 10.7 Å². The van der Waals surface area contributed by atoms with Gasteiger partial charge in [-0.1, -0.05) is 17.4 Å². The first-order valence-electron chi connectivity index (χ1n) is 7.82. The first-order valence-corrected chi connectivity index (χ1v) is 8.64. The molecule has 0 aliphatic carbocycles. The third-order valence-electron chi connectivity index (χ3n) is 3.66. The molecule has 0 atom stereocenters. The van der Waals surface area contributed by atoms with Crippen LogP contribution in [0.15, 0.2) is 41.4 Å². The van der Waals surface area contributed by atoms with E-state index in [9.17, 15) is 0 Å². The van der Waals surface area contributed by atoms with Crippen molar-refractivity contribution >= 4 is 38.6 Å². The Balaban J connectivity index is 1.82. The second-order valence-corrected chi connectivity index (χ2v) is 6.26. The van der Waals surface area contributed by atoms with E-state index in [1.165, 1.54) is 18.4 Å². The van der Waals surface area contributed by atoms with Gasteiger partial charge in [0, 0.05) is 6.07 Å². The summed E-state index contributed by atoms with van der Waals surface area (Å²) in [4.78, 5) is 8.54. The summed E-state index contributed by atoms with van der Waals surface area (Å²) in [6.45, 7) is 0. The van der Waals surface area contributed by atoms with Gasteiger partial charge < -0.3 is 24.7 Å². The van der Waals surface area contributed by atoms with Crippen LogP contribution in [-0.4, -0.2) is 38.2 Å². The van der Waals surface area contributed by atoms with Gasteiger partial charge in [0.2, 0.25) is 11.0 Å². The van der Waals surface area contributed by atoms with Crippen molar-refractivity contribution in [3.63, 3.8) is 0 Å². The van der Waals surface area contributed by atoms with Crippen LogP contribution in [0.1, 0.15) is 5.56 Å². The van der Waals surface area contributed by atoms with Crippen LogP contribution >= 0.6 is 11.3 Å². The summed E-state index contributed by atoms with van der Waals surface area (Å²) in [6.07, 6.45) is 0. The van der Waals surface area contributed by atoms with E-state index in [0.29, 0.717) is 33.5 Å². The number of aromatic nitrogens is 1. The van der Waals surface area contributed by atoms with Crippen LogP contribution in [0.2, 0.25) is 0 Å². The average molecular weight is 386 g/mol. The van der Waals surface area contributed by atoms with Crippen LogP contribution in [0.25, 0.3) is 10.2 Å². The van der Waals surface area contributed by atoms with Gasteiger partial charge in [0.05, 0.1) is 31.6 Å². The second-order valence-electron chi connectivity index (χ2n) is 5.25. The zero-order valence-electron chi connectivity index (χ0n) is 15.0. The molecular formula is C18H18N4O4S. The fraction of sp³-hybridized carbons (Fsp3) is 0.167. The first kappa shape index (κ1) is 18.5. The molecule has 0 saturated carbocycles. The molecule has 0 bridgehead atoms. The van der Waals surface area contributed by atoms with Crippen LogP contribution in [0.5, 0.6) is 17.2 Å². The number of nitrogens with one attached hydrogen (secondary N) is 1. The number of ether oxygens (including phenoxy) is 4. The van der Waals surface area contributed by atoms with Crippen molar-refractivity contribution in [2.45, 2.75) is 0 Å². The fourth-order valence-corrected chi connectivity index (χ4v) is 3.25. The number of nitrogens with zero attached hydrogens (tertiary/aromatic N) is 2. The maximum Gasteiger partial charge on any atom is 0.296 e. The highest BCUT2D eigenvalue weighted by Gasteiger charge is 2.14. The van der Waals surface area contributed by atoms with E-state index in [0.717, 1.165) is 4.70 Å². The molecular weight excluding hydrogens is 368 g/mol. The van der Waals surface area contributed by atoms with Gasteiger partial charge in [-0.2, -0.15) is 4.99 Å². The summed E-state index contributed by atoms with van der Waals surface area (Å²) in [6, 6.07) is 10.4.